The molecule has 10 heteroatoms. The second-order valence-corrected chi connectivity index (χ2v) is 6.21. The average molecular weight is 451 g/mol. The minimum absolute atomic E-state index is 0.0570. The van der Waals surface area contributed by atoms with Gasteiger partial charge in [-0.3, -0.25) is 4.79 Å². The molecule has 0 aromatic heterocycles. The summed E-state index contributed by atoms with van der Waals surface area (Å²) in [6, 6.07) is 9.00. The summed E-state index contributed by atoms with van der Waals surface area (Å²) >= 11 is 3.34. The van der Waals surface area contributed by atoms with Gasteiger partial charge in [0, 0.05) is 0 Å². The van der Waals surface area contributed by atoms with Gasteiger partial charge in [-0.05, 0) is 52.7 Å². The topological polar surface area (TPSA) is 135 Å². The smallest absolute Gasteiger partial charge is 0.339 e. The molecule has 5 N–H and O–H groups in total. The van der Waals surface area contributed by atoms with Crippen molar-refractivity contribution < 1.29 is 24.2 Å². The maximum absolute atomic E-state index is 11.8. The Balaban J connectivity index is 2.07. The average Bonchev–Trinajstić information content (AvgIpc) is 2.63. The Morgan fingerprint density at radius 3 is 2.71 bits per heavy atom. The lowest BCUT2D eigenvalue weighted by molar-refractivity contribution is -0.119. The lowest BCUT2D eigenvalue weighted by Gasteiger charge is -2.13. The quantitative estimate of drug-likeness (QED) is 0.278. The van der Waals surface area contributed by atoms with Crippen molar-refractivity contribution in [1.82, 2.24) is 5.43 Å². The number of nitrogens with one attached hydrogen (secondary N) is 2. The molecule has 0 spiro atoms. The number of carbonyl (C=O) groups excluding carboxylic acids is 2. The second kappa shape index (κ2) is 10.2. The number of anilines is 1. The van der Waals surface area contributed by atoms with Crippen LogP contribution in [0.2, 0.25) is 0 Å². The van der Waals surface area contributed by atoms with Gasteiger partial charge in [-0.25, -0.2) is 10.2 Å². The highest BCUT2D eigenvalue weighted by molar-refractivity contribution is 9.10. The van der Waals surface area contributed by atoms with Gasteiger partial charge in [-0.2, -0.15) is 5.10 Å². The molecular formula is C18H19BrN4O5. The van der Waals surface area contributed by atoms with Crippen LogP contribution in [-0.4, -0.2) is 36.5 Å². The first kappa shape index (κ1) is 21.0. The van der Waals surface area contributed by atoms with Crippen molar-refractivity contribution in [1.29, 1.82) is 0 Å². The van der Waals surface area contributed by atoms with Crippen LogP contribution in [0.1, 0.15) is 12.5 Å². The van der Waals surface area contributed by atoms with Gasteiger partial charge in [-0.15, -0.1) is 0 Å². The number of nitrogens with two attached hydrogens (primary N) is 1. The first-order valence-electron chi connectivity index (χ1n) is 8.16. The summed E-state index contributed by atoms with van der Waals surface area (Å²) in [6.07, 6.45) is 1.40. The van der Waals surface area contributed by atoms with Crippen LogP contribution in [-0.2, 0) is 4.79 Å². The summed E-state index contributed by atoms with van der Waals surface area (Å²) < 4.78 is 11.4. The van der Waals surface area contributed by atoms with Crippen molar-refractivity contribution in [2.45, 2.75) is 6.92 Å². The van der Waals surface area contributed by atoms with Crippen molar-refractivity contribution in [3.63, 3.8) is 0 Å². The number of hydrazone groups is 1. The van der Waals surface area contributed by atoms with E-state index >= 15 is 0 Å². The van der Waals surface area contributed by atoms with Gasteiger partial charge >= 0.3 is 6.03 Å². The minimum atomic E-state index is -0.622. The summed E-state index contributed by atoms with van der Waals surface area (Å²) in [5.41, 5.74) is 8.25. The number of rotatable bonds is 8. The maximum atomic E-state index is 11.8. The Bertz CT molecular complexity index is 888. The first-order valence-corrected chi connectivity index (χ1v) is 8.95. The van der Waals surface area contributed by atoms with Crippen LogP contribution in [0.5, 0.6) is 17.2 Å². The molecule has 0 atom stereocenters. The lowest BCUT2D eigenvalue weighted by atomic mass is 10.2. The Morgan fingerprint density at radius 1 is 1.29 bits per heavy atom. The number of phenolic OH excluding ortho intramolecular Hbond substituents is 1. The Morgan fingerprint density at radius 2 is 2.04 bits per heavy atom. The lowest BCUT2D eigenvalue weighted by Crippen LogP contribution is -2.24. The van der Waals surface area contributed by atoms with Crippen LogP contribution in [0.4, 0.5) is 10.5 Å². The van der Waals surface area contributed by atoms with E-state index in [1.165, 1.54) is 12.3 Å². The molecule has 0 aliphatic heterocycles. The van der Waals surface area contributed by atoms with Crippen molar-refractivity contribution in [3.05, 3.63) is 46.4 Å². The minimum Gasteiger partial charge on any atom is -0.506 e. The van der Waals surface area contributed by atoms with Gasteiger partial charge in [0.15, 0.2) is 18.1 Å². The van der Waals surface area contributed by atoms with Crippen LogP contribution in [0.25, 0.3) is 0 Å². The maximum Gasteiger partial charge on any atom is 0.339 e. The number of halogens is 1. The molecule has 0 heterocycles. The Hall–Kier alpha value is -3.27. The molecule has 0 aliphatic carbocycles. The number of nitrogens with zero attached hydrogens (tertiary/aromatic N) is 1. The largest absolute Gasteiger partial charge is 0.506 e. The van der Waals surface area contributed by atoms with Gasteiger partial charge in [0.05, 0.1) is 23.0 Å². The molecule has 0 bridgehead atoms. The number of para-hydroxylation sites is 2. The van der Waals surface area contributed by atoms with E-state index in [-0.39, 0.29) is 18.0 Å². The zero-order valence-corrected chi connectivity index (χ0v) is 16.5. The number of phenols is 1. The third kappa shape index (κ3) is 6.16. The fraction of sp³-hybridized carbons (Fsp3) is 0.167. The summed E-state index contributed by atoms with van der Waals surface area (Å²) in [7, 11) is 0. The number of ether oxygens (including phenoxy) is 2. The normalized spacial score (nSPS) is 10.5. The third-order valence-electron chi connectivity index (χ3n) is 3.22. The molecule has 2 aromatic carbocycles. The van der Waals surface area contributed by atoms with E-state index in [0.29, 0.717) is 28.1 Å². The van der Waals surface area contributed by atoms with Crippen molar-refractivity contribution >= 4 is 39.8 Å². The van der Waals surface area contributed by atoms with E-state index in [9.17, 15) is 14.7 Å². The van der Waals surface area contributed by atoms with E-state index in [1.54, 1.807) is 37.3 Å². The molecule has 28 heavy (non-hydrogen) atoms. The van der Waals surface area contributed by atoms with E-state index in [0.717, 1.165) is 0 Å². The molecular weight excluding hydrogens is 432 g/mol. The summed E-state index contributed by atoms with van der Waals surface area (Å²) in [4.78, 5) is 22.8. The molecule has 0 fully saturated rings. The molecule has 0 aliphatic rings. The van der Waals surface area contributed by atoms with E-state index < -0.39 is 11.9 Å². The monoisotopic (exact) mass is 450 g/mol. The highest BCUT2D eigenvalue weighted by Gasteiger charge is 2.13. The van der Waals surface area contributed by atoms with Gasteiger partial charge in [-0.1, -0.05) is 12.1 Å². The predicted molar refractivity (Wildman–Crippen MR) is 108 cm³/mol. The number of carbonyl (C=O) groups is 2. The fourth-order valence-corrected chi connectivity index (χ4v) is 2.68. The van der Waals surface area contributed by atoms with Crippen molar-refractivity contribution in [2.24, 2.45) is 10.8 Å². The fourth-order valence-electron chi connectivity index (χ4n) is 2.10. The van der Waals surface area contributed by atoms with Crippen LogP contribution in [0, 0.1) is 0 Å². The highest BCUT2D eigenvalue weighted by atomic mass is 79.9. The summed E-state index contributed by atoms with van der Waals surface area (Å²) in [5.74, 6) is 0.0550. The Kier molecular flexibility index (Phi) is 7.64. The number of primary amides is 1. The Labute approximate surface area is 169 Å². The molecule has 0 saturated heterocycles. The first-order chi connectivity index (χ1) is 13.4. The van der Waals surface area contributed by atoms with Crippen molar-refractivity contribution in [3.8, 4) is 17.2 Å². The van der Waals surface area contributed by atoms with Gasteiger partial charge < -0.3 is 25.6 Å². The molecule has 9 nitrogen and oxygen atoms in total. The third-order valence-corrected chi connectivity index (χ3v) is 3.81. The molecule has 148 valence electrons. The van der Waals surface area contributed by atoms with E-state index in [2.05, 4.69) is 31.8 Å². The number of benzene rings is 2. The van der Waals surface area contributed by atoms with Crippen LogP contribution < -0.4 is 25.9 Å². The molecule has 0 saturated carbocycles. The SMILES string of the molecule is CCOc1cc(/C=N/NC(=O)Nc2ccccc2O)cc(Br)c1OCC(N)=O. The van der Waals surface area contributed by atoms with Crippen molar-refractivity contribution in [2.75, 3.05) is 18.5 Å². The number of hydrogen-bond donors (Lipinski definition) is 4. The van der Waals surface area contributed by atoms with Crippen LogP contribution in [0.3, 0.4) is 0 Å². The zero-order valence-electron chi connectivity index (χ0n) is 14.9. The summed E-state index contributed by atoms with van der Waals surface area (Å²) in [6.45, 7) is 1.89. The predicted octanol–water partition coefficient (Wildman–Crippen LogP) is 2.57. The highest BCUT2D eigenvalue weighted by Crippen LogP contribution is 2.36. The van der Waals surface area contributed by atoms with E-state index in [1.807, 2.05) is 0 Å². The van der Waals surface area contributed by atoms with Gasteiger partial charge in [0.1, 0.15) is 5.75 Å². The van der Waals surface area contributed by atoms with Gasteiger partial charge in [0.2, 0.25) is 0 Å². The number of urea groups is 1. The van der Waals surface area contributed by atoms with Crippen LogP contribution in [0.15, 0.2) is 46.0 Å². The second-order valence-electron chi connectivity index (χ2n) is 5.36. The van der Waals surface area contributed by atoms with Crippen LogP contribution >= 0.6 is 15.9 Å². The molecule has 2 rings (SSSR count). The number of aromatic hydroxyl groups is 1. The molecule has 0 radical (unpaired) electrons. The molecule has 3 amide bonds. The van der Waals surface area contributed by atoms with Gasteiger partial charge in [0.25, 0.3) is 5.91 Å². The van der Waals surface area contributed by atoms with E-state index in [4.69, 9.17) is 15.2 Å². The zero-order chi connectivity index (χ0) is 20.5. The number of amides is 3. The molecule has 0 unspecified atom stereocenters. The molecule has 2 aromatic rings. The number of hydrogen-bond acceptors (Lipinski definition) is 6. The summed E-state index contributed by atoms with van der Waals surface area (Å²) in [5, 5.41) is 16.0. The standard InChI is InChI=1S/C18H19BrN4O5/c1-2-27-15-8-11(7-12(19)17(15)28-10-16(20)25)9-21-23-18(26)22-13-5-3-4-6-14(13)24/h3-9,24H,2,10H2,1H3,(H2,20,25)(H2,22,23,26)/b21-9+.